The van der Waals surface area contributed by atoms with Crippen LogP contribution in [-0.2, 0) is 11.0 Å². The first-order chi connectivity index (χ1) is 18.8. The number of nitrogens with zero attached hydrogens (tertiary/aromatic N) is 4. The highest BCUT2D eigenvalue weighted by atomic mass is 35.5. The lowest BCUT2D eigenvalue weighted by atomic mass is 10.0. The van der Waals surface area contributed by atoms with Gasteiger partial charge in [0.05, 0.1) is 40.9 Å². The molecule has 3 heterocycles. The van der Waals surface area contributed by atoms with E-state index in [-0.39, 0.29) is 0 Å². The Balaban J connectivity index is 1.61. The van der Waals surface area contributed by atoms with Crippen LogP contribution in [0.5, 0.6) is 0 Å². The minimum Gasteiger partial charge on any atom is -0.382 e. The van der Waals surface area contributed by atoms with Gasteiger partial charge in [-0.1, -0.05) is 11.6 Å². The molecule has 0 bridgehead atoms. The first-order valence-corrected chi connectivity index (χ1v) is 11.9. The maximum Gasteiger partial charge on any atom is 0.418 e. The van der Waals surface area contributed by atoms with Gasteiger partial charge in [-0.05, 0) is 25.1 Å². The van der Waals surface area contributed by atoms with E-state index < -0.39 is 106 Å². The van der Waals surface area contributed by atoms with Crippen LogP contribution < -0.4 is 11.1 Å². The molecule has 4 N–H and O–H groups in total. The van der Waals surface area contributed by atoms with Gasteiger partial charge in [0.25, 0.3) is 5.91 Å². The molecule has 9 nitrogen and oxygen atoms in total. The van der Waals surface area contributed by atoms with E-state index in [4.69, 9.17) is 17.3 Å². The van der Waals surface area contributed by atoms with Crippen molar-refractivity contribution in [2.24, 2.45) is 0 Å². The number of nitrogens with two attached hydrogens (primary N) is 1. The number of carbonyl (C=O) groups is 2. The number of rotatable bonds is 5. The standard InChI is InChI=1S/C23H19ClF8N6O3/c1-21(41,23(30,31)32)5-17(39)37-6-14(26)15(7-37)36-20(40)9-2-10(13(25)4-12(9)24)16-3-11(22(27,28)29)18-19(33)34-8-35-38(16)18/h2-4,8,14-15,41H,5-7H2,1H3,(H,36,40)(H2,33,34,35)/t14-,15+,21?/m0/s1. The summed E-state index contributed by atoms with van der Waals surface area (Å²) in [6.45, 7) is -0.884. The molecule has 2 aromatic heterocycles. The molecule has 1 unspecified atom stereocenters. The number of anilines is 1. The van der Waals surface area contributed by atoms with Gasteiger partial charge in [-0.25, -0.2) is 18.3 Å². The third-order valence-electron chi connectivity index (χ3n) is 6.49. The topological polar surface area (TPSA) is 126 Å². The SMILES string of the molecule is CC(O)(CC(=O)N1C[C@H](F)[C@H](NC(=O)c2cc(-c3cc(C(F)(F)F)c4c(N)ncnn34)c(F)cc2Cl)C1)C(F)(F)F. The van der Waals surface area contributed by atoms with Gasteiger partial charge in [-0.3, -0.25) is 9.59 Å². The minimum atomic E-state index is -5.13. The highest BCUT2D eigenvalue weighted by molar-refractivity contribution is 6.34. The molecule has 41 heavy (non-hydrogen) atoms. The second-order valence-corrected chi connectivity index (χ2v) is 9.91. The van der Waals surface area contributed by atoms with Gasteiger partial charge in [-0.2, -0.15) is 31.4 Å². The van der Waals surface area contributed by atoms with Gasteiger partial charge < -0.3 is 21.1 Å². The van der Waals surface area contributed by atoms with Crippen molar-refractivity contribution in [1.82, 2.24) is 24.8 Å². The molecule has 18 heteroatoms. The van der Waals surface area contributed by atoms with E-state index >= 15 is 0 Å². The van der Waals surface area contributed by atoms with Crippen molar-refractivity contribution >= 4 is 34.7 Å². The Morgan fingerprint density at radius 3 is 2.44 bits per heavy atom. The maximum absolute atomic E-state index is 14.9. The lowest BCUT2D eigenvalue weighted by molar-refractivity contribution is -0.254. The van der Waals surface area contributed by atoms with Gasteiger partial charge in [0.15, 0.2) is 11.4 Å². The van der Waals surface area contributed by atoms with Crippen molar-refractivity contribution in [3.05, 3.63) is 46.5 Å². The monoisotopic (exact) mass is 614 g/mol. The van der Waals surface area contributed by atoms with Crippen molar-refractivity contribution in [3.63, 3.8) is 0 Å². The quantitative estimate of drug-likeness (QED) is 0.376. The first kappa shape index (κ1) is 30.2. The van der Waals surface area contributed by atoms with Crippen LogP contribution in [0.25, 0.3) is 16.8 Å². The van der Waals surface area contributed by atoms with E-state index in [1.54, 1.807) is 0 Å². The summed E-state index contributed by atoms with van der Waals surface area (Å²) in [6, 6.07) is 0.547. The third kappa shape index (κ3) is 5.72. The van der Waals surface area contributed by atoms with E-state index in [2.05, 4.69) is 15.4 Å². The van der Waals surface area contributed by atoms with Crippen LogP contribution in [0.2, 0.25) is 5.02 Å². The lowest BCUT2D eigenvalue weighted by Gasteiger charge is -2.27. The molecule has 222 valence electrons. The molecular weight excluding hydrogens is 596 g/mol. The summed E-state index contributed by atoms with van der Waals surface area (Å²) in [5, 5.41) is 14.9. The average Bonchev–Trinajstić information content (AvgIpc) is 3.40. The number of hydrogen-bond acceptors (Lipinski definition) is 6. The van der Waals surface area contributed by atoms with Gasteiger partial charge in [0.2, 0.25) is 5.91 Å². The number of nitrogens with one attached hydrogen (secondary N) is 1. The number of aromatic nitrogens is 3. The van der Waals surface area contributed by atoms with E-state index in [1.165, 1.54) is 0 Å². The number of hydrogen-bond donors (Lipinski definition) is 3. The summed E-state index contributed by atoms with van der Waals surface area (Å²) in [5.41, 5.74) is -1.26. The first-order valence-electron chi connectivity index (χ1n) is 11.5. The predicted molar refractivity (Wildman–Crippen MR) is 127 cm³/mol. The Kier molecular flexibility index (Phi) is 7.58. The minimum absolute atomic E-state index is 0.382. The number of likely N-dealkylation sites (tertiary alicyclic amines) is 1. The summed E-state index contributed by atoms with van der Waals surface area (Å²) in [6.07, 6.45) is -12.6. The number of aliphatic hydroxyl groups is 1. The number of fused-ring (bicyclic) bond motifs is 1. The Morgan fingerprint density at radius 2 is 1.83 bits per heavy atom. The van der Waals surface area contributed by atoms with Crippen LogP contribution >= 0.6 is 11.6 Å². The zero-order valence-electron chi connectivity index (χ0n) is 20.6. The molecule has 0 aliphatic carbocycles. The van der Waals surface area contributed by atoms with Crippen molar-refractivity contribution in [2.75, 3.05) is 18.8 Å². The largest absolute Gasteiger partial charge is 0.418 e. The van der Waals surface area contributed by atoms with Crippen LogP contribution in [-0.4, -0.2) is 73.5 Å². The lowest BCUT2D eigenvalue weighted by Crippen LogP contribution is -2.47. The molecule has 1 saturated heterocycles. The average molecular weight is 615 g/mol. The zero-order valence-corrected chi connectivity index (χ0v) is 21.4. The number of halogens is 9. The Labute approximate surface area is 229 Å². The molecule has 1 aliphatic heterocycles. The molecule has 0 saturated carbocycles. The Hall–Kier alpha value is -3.73. The van der Waals surface area contributed by atoms with Gasteiger partial charge in [0, 0.05) is 12.1 Å². The molecular formula is C23H19ClF8N6O3. The molecule has 2 amide bonds. The van der Waals surface area contributed by atoms with Crippen molar-refractivity contribution < 1.29 is 49.8 Å². The molecule has 4 rings (SSSR count). The van der Waals surface area contributed by atoms with Crippen LogP contribution in [0.15, 0.2) is 24.5 Å². The highest BCUT2D eigenvalue weighted by Gasteiger charge is 2.52. The highest BCUT2D eigenvalue weighted by Crippen LogP contribution is 2.40. The van der Waals surface area contributed by atoms with E-state index in [1.807, 2.05) is 0 Å². The van der Waals surface area contributed by atoms with Crippen LogP contribution in [0.4, 0.5) is 40.9 Å². The van der Waals surface area contributed by atoms with Crippen molar-refractivity contribution in [2.45, 2.75) is 43.5 Å². The second-order valence-electron chi connectivity index (χ2n) is 9.50. The third-order valence-corrected chi connectivity index (χ3v) is 6.80. The molecule has 1 fully saturated rings. The second kappa shape index (κ2) is 10.3. The fourth-order valence-electron chi connectivity index (χ4n) is 4.25. The molecule has 3 atom stereocenters. The van der Waals surface area contributed by atoms with Gasteiger partial charge in [-0.15, -0.1) is 0 Å². The number of carbonyl (C=O) groups excluding carboxylic acids is 2. The summed E-state index contributed by atoms with van der Waals surface area (Å²) < 4.78 is 110. The summed E-state index contributed by atoms with van der Waals surface area (Å²) in [7, 11) is 0. The summed E-state index contributed by atoms with van der Waals surface area (Å²) in [4.78, 5) is 29.4. The smallest absolute Gasteiger partial charge is 0.382 e. The molecule has 3 aromatic rings. The summed E-state index contributed by atoms with van der Waals surface area (Å²) >= 11 is 6.00. The Morgan fingerprint density at radius 1 is 1.17 bits per heavy atom. The molecule has 1 aliphatic rings. The van der Waals surface area contributed by atoms with Crippen LogP contribution in [0.3, 0.4) is 0 Å². The molecule has 1 aromatic carbocycles. The zero-order chi connectivity index (χ0) is 30.7. The fraction of sp³-hybridized carbons (Fsp3) is 0.391. The molecule has 0 radical (unpaired) electrons. The maximum atomic E-state index is 14.9. The van der Waals surface area contributed by atoms with E-state index in [9.17, 15) is 49.8 Å². The fourth-order valence-corrected chi connectivity index (χ4v) is 4.49. The van der Waals surface area contributed by atoms with Crippen LogP contribution in [0.1, 0.15) is 29.3 Å². The number of benzene rings is 1. The summed E-state index contributed by atoms with van der Waals surface area (Å²) in [5.74, 6) is -4.05. The Bertz CT molecular complexity index is 1520. The normalized spacial score (nSPS) is 19.4. The number of amides is 2. The van der Waals surface area contributed by atoms with Gasteiger partial charge >= 0.3 is 12.4 Å². The van der Waals surface area contributed by atoms with Crippen molar-refractivity contribution in [3.8, 4) is 11.3 Å². The molecule has 0 spiro atoms. The number of alkyl halides is 7. The van der Waals surface area contributed by atoms with Crippen molar-refractivity contribution in [1.29, 1.82) is 0 Å². The predicted octanol–water partition coefficient (Wildman–Crippen LogP) is 3.77. The van der Waals surface area contributed by atoms with E-state index in [0.717, 1.165) is 12.4 Å². The van der Waals surface area contributed by atoms with E-state index in [0.29, 0.717) is 28.5 Å². The van der Waals surface area contributed by atoms with Crippen LogP contribution in [0, 0.1) is 5.82 Å². The van der Waals surface area contributed by atoms with Gasteiger partial charge in [0.1, 0.15) is 23.8 Å². The number of nitrogen functional groups attached to an aromatic ring is 1.